The molecule has 0 amide bonds. The first-order valence-electron chi connectivity index (χ1n) is 18.4. The van der Waals surface area contributed by atoms with E-state index in [0.29, 0.717) is 11.6 Å². The van der Waals surface area contributed by atoms with Crippen molar-refractivity contribution >= 4 is 44.4 Å². The molecule has 55 heavy (non-hydrogen) atoms. The fourth-order valence-corrected chi connectivity index (χ4v) is 7.73. The molecule has 10 aromatic rings. The summed E-state index contributed by atoms with van der Waals surface area (Å²) in [6.45, 7) is 0. The topological polar surface area (TPSA) is 42.7 Å². The van der Waals surface area contributed by atoms with Gasteiger partial charge >= 0.3 is 0 Å². The van der Waals surface area contributed by atoms with Crippen LogP contribution in [0, 0.1) is 0 Å². The van der Waals surface area contributed by atoms with E-state index < -0.39 is 0 Å². The maximum absolute atomic E-state index is 6.19. The quantitative estimate of drug-likeness (QED) is 0.148. The van der Waals surface area contributed by atoms with Crippen LogP contribution in [0.1, 0.15) is 0 Å². The Bertz CT molecular complexity index is 2890. The molecule has 0 saturated carbocycles. The minimum absolute atomic E-state index is 0.547. The number of para-hydroxylation sites is 2. The molecule has 0 radical (unpaired) electrons. The van der Waals surface area contributed by atoms with Gasteiger partial charge in [-0.05, 0) is 76.2 Å². The van der Waals surface area contributed by atoms with Crippen LogP contribution in [-0.4, -0.2) is 14.4 Å². The van der Waals surface area contributed by atoms with Crippen LogP contribution in [0.3, 0.4) is 0 Å². The number of fused-ring (bicyclic) bond motifs is 6. The summed E-state index contributed by atoms with van der Waals surface area (Å²) in [5.74, 6) is 1.25. The fourth-order valence-electron chi connectivity index (χ4n) is 7.73. The van der Waals surface area contributed by atoms with E-state index in [2.05, 4.69) is 178 Å². The molecular weight excluding hydrogens is 673 g/mol. The molecule has 0 fully saturated rings. The first-order chi connectivity index (χ1) is 27.3. The summed E-state index contributed by atoms with van der Waals surface area (Å²) in [5.41, 5.74) is 11.8. The standard InChI is InChI=1S/C50H34N4O/c1-4-16-35(17-5-1)41-25-15-26-42(36-18-6-2-7-19-36)49(41)47-34-52-50-45-33-39(29-30-43(45)44-24-10-11-27-46(44)54(47)50)53(37-20-8-3-9-21-37)38-22-14-23-40(32-38)55-48-28-12-13-31-51-48/h1-34H. The molecule has 260 valence electrons. The zero-order valence-electron chi connectivity index (χ0n) is 29.8. The van der Waals surface area contributed by atoms with E-state index in [9.17, 15) is 0 Å². The van der Waals surface area contributed by atoms with Crippen LogP contribution in [-0.2, 0) is 0 Å². The van der Waals surface area contributed by atoms with Gasteiger partial charge in [0.05, 0.1) is 17.4 Å². The van der Waals surface area contributed by atoms with Crippen molar-refractivity contribution in [1.29, 1.82) is 0 Å². The highest BCUT2D eigenvalue weighted by Gasteiger charge is 2.22. The Morgan fingerprint density at radius 2 is 1.09 bits per heavy atom. The molecule has 0 atom stereocenters. The van der Waals surface area contributed by atoms with Gasteiger partial charge in [-0.25, -0.2) is 9.97 Å². The number of hydrogen-bond donors (Lipinski definition) is 0. The molecule has 0 N–H and O–H groups in total. The number of ether oxygens (including phenoxy) is 1. The minimum Gasteiger partial charge on any atom is -0.439 e. The monoisotopic (exact) mass is 706 g/mol. The molecular formula is C50H34N4O. The molecule has 3 heterocycles. The molecule has 0 unspecified atom stereocenters. The Morgan fingerprint density at radius 1 is 0.455 bits per heavy atom. The lowest BCUT2D eigenvalue weighted by molar-refractivity contribution is 0.463. The summed E-state index contributed by atoms with van der Waals surface area (Å²) in [4.78, 5) is 11.9. The van der Waals surface area contributed by atoms with Crippen molar-refractivity contribution in [3.8, 4) is 45.1 Å². The van der Waals surface area contributed by atoms with Gasteiger partial charge in [0, 0.05) is 51.7 Å². The van der Waals surface area contributed by atoms with Gasteiger partial charge in [-0.1, -0.05) is 133 Å². The Labute approximate surface area is 319 Å². The van der Waals surface area contributed by atoms with E-state index in [1.165, 1.54) is 0 Å². The first-order valence-corrected chi connectivity index (χ1v) is 18.4. The zero-order chi connectivity index (χ0) is 36.6. The Morgan fingerprint density at radius 3 is 1.82 bits per heavy atom. The normalized spacial score (nSPS) is 11.3. The zero-order valence-corrected chi connectivity index (χ0v) is 29.8. The molecule has 0 spiro atoms. The lowest BCUT2D eigenvalue weighted by atomic mass is 9.90. The summed E-state index contributed by atoms with van der Waals surface area (Å²) in [6.07, 6.45) is 3.79. The summed E-state index contributed by atoms with van der Waals surface area (Å²) in [7, 11) is 0. The second-order valence-corrected chi connectivity index (χ2v) is 13.4. The van der Waals surface area contributed by atoms with Crippen LogP contribution >= 0.6 is 0 Å². The van der Waals surface area contributed by atoms with Gasteiger partial charge < -0.3 is 9.64 Å². The molecule has 5 heteroatoms. The number of imidazole rings is 1. The molecule has 0 bridgehead atoms. The fraction of sp³-hybridized carbons (Fsp3) is 0. The third-order valence-electron chi connectivity index (χ3n) is 10.1. The van der Waals surface area contributed by atoms with E-state index in [4.69, 9.17) is 9.72 Å². The molecule has 7 aromatic carbocycles. The number of anilines is 3. The van der Waals surface area contributed by atoms with Crippen LogP contribution in [0.5, 0.6) is 11.6 Å². The predicted octanol–water partition coefficient (Wildman–Crippen LogP) is 13.3. The summed E-state index contributed by atoms with van der Waals surface area (Å²) in [6, 6.07) is 67.5. The van der Waals surface area contributed by atoms with Crippen molar-refractivity contribution in [1.82, 2.24) is 14.4 Å². The third kappa shape index (κ3) is 5.85. The number of pyridine rings is 2. The largest absolute Gasteiger partial charge is 0.439 e. The maximum Gasteiger partial charge on any atom is 0.219 e. The number of benzene rings is 7. The highest BCUT2D eigenvalue weighted by molar-refractivity contribution is 6.14. The van der Waals surface area contributed by atoms with Gasteiger partial charge in [0.15, 0.2) is 0 Å². The van der Waals surface area contributed by atoms with Crippen LogP contribution in [0.2, 0.25) is 0 Å². The van der Waals surface area contributed by atoms with Crippen molar-refractivity contribution in [2.45, 2.75) is 0 Å². The second kappa shape index (κ2) is 13.8. The van der Waals surface area contributed by atoms with Gasteiger partial charge in [0.2, 0.25) is 5.88 Å². The summed E-state index contributed by atoms with van der Waals surface area (Å²) in [5, 5.41) is 3.36. The lowest BCUT2D eigenvalue weighted by Gasteiger charge is -2.26. The number of hydrogen-bond acceptors (Lipinski definition) is 4. The van der Waals surface area contributed by atoms with Crippen LogP contribution in [0.4, 0.5) is 17.1 Å². The van der Waals surface area contributed by atoms with Gasteiger partial charge in [0.25, 0.3) is 0 Å². The number of aromatic nitrogens is 3. The van der Waals surface area contributed by atoms with Crippen LogP contribution in [0.25, 0.3) is 60.8 Å². The minimum atomic E-state index is 0.547. The SMILES string of the molecule is c1ccc(-c2cccc(-c3ccccc3)c2-c2cnc3c4cc(N(c5ccccc5)c5cccc(Oc6ccccn6)c5)ccc4c4ccccc4n23)cc1. The van der Waals surface area contributed by atoms with Crippen molar-refractivity contribution < 1.29 is 4.74 Å². The van der Waals surface area contributed by atoms with Gasteiger partial charge in [-0.15, -0.1) is 0 Å². The highest BCUT2D eigenvalue weighted by atomic mass is 16.5. The van der Waals surface area contributed by atoms with Gasteiger partial charge in [-0.2, -0.15) is 0 Å². The van der Waals surface area contributed by atoms with Crippen molar-refractivity contribution in [3.05, 3.63) is 207 Å². The smallest absolute Gasteiger partial charge is 0.219 e. The third-order valence-corrected chi connectivity index (χ3v) is 10.1. The average Bonchev–Trinajstić information content (AvgIpc) is 3.71. The second-order valence-electron chi connectivity index (χ2n) is 13.4. The van der Waals surface area contributed by atoms with E-state index >= 15 is 0 Å². The Kier molecular flexibility index (Phi) is 8.08. The predicted molar refractivity (Wildman–Crippen MR) is 226 cm³/mol. The van der Waals surface area contributed by atoms with Crippen molar-refractivity contribution in [2.24, 2.45) is 0 Å². The molecule has 0 saturated heterocycles. The van der Waals surface area contributed by atoms with Crippen molar-refractivity contribution in [2.75, 3.05) is 4.90 Å². The highest BCUT2D eigenvalue weighted by Crippen LogP contribution is 2.44. The molecule has 5 nitrogen and oxygen atoms in total. The van der Waals surface area contributed by atoms with E-state index in [1.54, 1.807) is 6.20 Å². The Balaban J connectivity index is 1.22. The van der Waals surface area contributed by atoms with Crippen molar-refractivity contribution in [3.63, 3.8) is 0 Å². The first kappa shape index (κ1) is 32.2. The molecule has 3 aromatic heterocycles. The number of nitrogens with zero attached hydrogens (tertiary/aromatic N) is 4. The van der Waals surface area contributed by atoms with Gasteiger partial charge in [0.1, 0.15) is 11.4 Å². The number of rotatable bonds is 8. The Hall–Kier alpha value is -7.50. The average molecular weight is 707 g/mol. The lowest BCUT2D eigenvalue weighted by Crippen LogP contribution is -2.10. The van der Waals surface area contributed by atoms with E-state index in [1.807, 2.05) is 36.4 Å². The molecule has 0 aliphatic rings. The molecule has 0 aliphatic carbocycles. The maximum atomic E-state index is 6.19. The summed E-state index contributed by atoms with van der Waals surface area (Å²) < 4.78 is 8.54. The van der Waals surface area contributed by atoms with Crippen LogP contribution in [0.15, 0.2) is 207 Å². The molecule has 10 rings (SSSR count). The summed E-state index contributed by atoms with van der Waals surface area (Å²) >= 11 is 0. The van der Waals surface area contributed by atoms with E-state index in [0.717, 1.165) is 77.9 Å². The van der Waals surface area contributed by atoms with Gasteiger partial charge in [-0.3, -0.25) is 4.40 Å². The van der Waals surface area contributed by atoms with Crippen LogP contribution < -0.4 is 9.64 Å². The molecule has 0 aliphatic heterocycles. The van der Waals surface area contributed by atoms with E-state index in [-0.39, 0.29) is 0 Å².